The Labute approximate surface area is 68.6 Å². The van der Waals surface area contributed by atoms with Crippen molar-refractivity contribution < 1.29 is 0 Å². The third-order valence-electron chi connectivity index (χ3n) is 1.65. The molecule has 62 valence electrons. The molecule has 0 saturated carbocycles. The second-order valence-corrected chi connectivity index (χ2v) is 2.42. The van der Waals surface area contributed by atoms with Crippen LogP contribution in [0.25, 0.3) is 11.2 Å². The summed E-state index contributed by atoms with van der Waals surface area (Å²) >= 11 is 0. The van der Waals surface area contributed by atoms with E-state index in [1.165, 1.54) is 0 Å². The molecule has 0 radical (unpaired) electrons. The Bertz CT molecular complexity index is 405. The molecule has 0 aliphatic carbocycles. The summed E-state index contributed by atoms with van der Waals surface area (Å²) in [5.41, 5.74) is 1.48. The molecule has 0 spiro atoms. The zero-order valence-corrected chi connectivity index (χ0v) is 6.81. The Balaban J connectivity index is 2.81. The maximum atomic E-state index is 4.12. The maximum absolute atomic E-state index is 4.12. The van der Waals surface area contributed by atoms with Gasteiger partial charge in [-0.15, -0.1) is 10.2 Å². The summed E-state index contributed by atoms with van der Waals surface area (Å²) in [6.07, 6.45) is 1.68. The molecule has 0 aliphatic rings. The van der Waals surface area contributed by atoms with Crippen molar-refractivity contribution in [2.75, 3.05) is 12.4 Å². The van der Waals surface area contributed by atoms with Gasteiger partial charge in [0, 0.05) is 14.1 Å². The molecule has 0 amide bonds. The first kappa shape index (κ1) is 6.96. The maximum Gasteiger partial charge on any atom is 0.187 e. The van der Waals surface area contributed by atoms with E-state index < -0.39 is 0 Å². The van der Waals surface area contributed by atoms with Crippen LogP contribution in [0.15, 0.2) is 6.33 Å². The van der Waals surface area contributed by atoms with Crippen LogP contribution in [-0.2, 0) is 7.05 Å². The van der Waals surface area contributed by atoms with Gasteiger partial charge in [-0.05, 0) is 5.21 Å². The molecule has 2 rings (SSSR count). The molecular weight excluding hydrogens is 156 g/mol. The van der Waals surface area contributed by atoms with Crippen LogP contribution < -0.4 is 5.32 Å². The first-order valence-electron chi connectivity index (χ1n) is 3.51. The number of anilines is 1. The van der Waals surface area contributed by atoms with E-state index in [0.29, 0.717) is 5.82 Å². The third-order valence-corrected chi connectivity index (χ3v) is 1.65. The van der Waals surface area contributed by atoms with Crippen LogP contribution in [0.2, 0.25) is 0 Å². The largest absolute Gasteiger partial charge is 0.370 e. The average molecular weight is 164 g/mol. The van der Waals surface area contributed by atoms with Crippen molar-refractivity contribution in [3.8, 4) is 0 Å². The van der Waals surface area contributed by atoms with Gasteiger partial charge in [0.15, 0.2) is 17.0 Å². The fraction of sp³-hybridized carbons (Fsp3) is 0.333. The van der Waals surface area contributed by atoms with E-state index in [4.69, 9.17) is 0 Å². The molecule has 0 fully saturated rings. The summed E-state index contributed by atoms with van der Waals surface area (Å²) in [7, 11) is 3.64. The Morgan fingerprint density at radius 2 is 2.25 bits per heavy atom. The molecular formula is C6H8N6. The molecule has 6 nitrogen and oxygen atoms in total. The van der Waals surface area contributed by atoms with Crippen molar-refractivity contribution in [3.63, 3.8) is 0 Å². The van der Waals surface area contributed by atoms with Crippen LogP contribution in [0.4, 0.5) is 5.82 Å². The summed E-state index contributed by atoms with van der Waals surface area (Å²) in [6, 6.07) is 0. The summed E-state index contributed by atoms with van der Waals surface area (Å²) in [4.78, 5) is 4.12. The molecule has 0 unspecified atom stereocenters. The lowest BCUT2D eigenvalue weighted by atomic mass is 10.5. The van der Waals surface area contributed by atoms with E-state index >= 15 is 0 Å². The van der Waals surface area contributed by atoms with Crippen molar-refractivity contribution in [2.45, 2.75) is 0 Å². The van der Waals surface area contributed by atoms with E-state index in [9.17, 15) is 0 Å². The number of aromatic nitrogens is 5. The monoisotopic (exact) mass is 164 g/mol. The van der Waals surface area contributed by atoms with Crippen molar-refractivity contribution in [2.24, 2.45) is 7.05 Å². The number of hydrogen-bond acceptors (Lipinski definition) is 5. The molecule has 0 atom stereocenters. The first-order chi connectivity index (χ1) is 5.83. The topological polar surface area (TPSA) is 68.5 Å². The average Bonchev–Trinajstić information content (AvgIpc) is 2.48. The van der Waals surface area contributed by atoms with E-state index in [1.54, 1.807) is 17.9 Å². The minimum absolute atomic E-state index is 0.653. The molecule has 2 heterocycles. The number of hydrogen-bond donors (Lipinski definition) is 1. The second kappa shape index (κ2) is 2.40. The zero-order valence-electron chi connectivity index (χ0n) is 6.81. The van der Waals surface area contributed by atoms with E-state index in [1.807, 2.05) is 7.05 Å². The number of rotatable bonds is 1. The fourth-order valence-electron chi connectivity index (χ4n) is 1.03. The van der Waals surface area contributed by atoms with Gasteiger partial charge in [-0.3, -0.25) is 0 Å². The van der Waals surface area contributed by atoms with Crippen LogP contribution in [0.5, 0.6) is 0 Å². The number of nitrogens with zero attached hydrogens (tertiary/aromatic N) is 5. The molecule has 0 bridgehead atoms. The normalized spacial score (nSPS) is 10.5. The minimum Gasteiger partial charge on any atom is -0.370 e. The van der Waals surface area contributed by atoms with Gasteiger partial charge in [0.2, 0.25) is 0 Å². The van der Waals surface area contributed by atoms with Gasteiger partial charge in [0.1, 0.15) is 0 Å². The molecule has 1 N–H and O–H groups in total. The molecule has 2 aromatic heterocycles. The Morgan fingerprint density at radius 1 is 1.42 bits per heavy atom. The Morgan fingerprint density at radius 3 is 3.00 bits per heavy atom. The van der Waals surface area contributed by atoms with E-state index in [0.717, 1.165) is 11.2 Å². The SMILES string of the molecule is CNc1nnnc2c1ncn2C. The first-order valence-corrected chi connectivity index (χ1v) is 3.51. The predicted octanol–water partition coefficient (Wildman–Crippen LogP) is -0.200. The Hall–Kier alpha value is -1.72. The summed E-state index contributed by atoms with van der Waals surface area (Å²) in [5, 5.41) is 14.1. The standard InChI is InChI=1S/C6H8N6/c1-7-5-4-6(10-11-9-5)12(2)3-8-4/h3H,1-2H3,(H,7,9,10). The highest BCUT2D eigenvalue weighted by atomic mass is 15.4. The zero-order chi connectivity index (χ0) is 8.55. The summed E-state index contributed by atoms with van der Waals surface area (Å²) in [6.45, 7) is 0. The second-order valence-electron chi connectivity index (χ2n) is 2.42. The van der Waals surface area contributed by atoms with E-state index in [-0.39, 0.29) is 0 Å². The van der Waals surface area contributed by atoms with Crippen molar-refractivity contribution in [1.29, 1.82) is 0 Å². The fourth-order valence-corrected chi connectivity index (χ4v) is 1.03. The molecule has 12 heavy (non-hydrogen) atoms. The van der Waals surface area contributed by atoms with Crippen LogP contribution in [0.3, 0.4) is 0 Å². The summed E-state index contributed by atoms with van der Waals surface area (Å²) in [5.74, 6) is 0.653. The van der Waals surface area contributed by atoms with Gasteiger partial charge in [-0.25, -0.2) is 4.98 Å². The van der Waals surface area contributed by atoms with Crippen LogP contribution in [0.1, 0.15) is 0 Å². The van der Waals surface area contributed by atoms with Gasteiger partial charge in [-0.1, -0.05) is 0 Å². The van der Waals surface area contributed by atoms with Gasteiger partial charge < -0.3 is 9.88 Å². The number of fused-ring (bicyclic) bond motifs is 1. The number of aryl methyl sites for hydroxylation is 1. The lowest BCUT2D eigenvalue weighted by molar-refractivity contribution is 0.852. The van der Waals surface area contributed by atoms with Crippen LogP contribution in [-0.4, -0.2) is 32.0 Å². The summed E-state index contributed by atoms with van der Waals surface area (Å²) < 4.78 is 1.80. The van der Waals surface area contributed by atoms with Gasteiger partial charge in [-0.2, -0.15) is 0 Å². The highest BCUT2D eigenvalue weighted by molar-refractivity contribution is 5.81. The third kappa shape index (κ3) is 0.810. The molecule has 2 aromatic rings. The van der Waals surface area contributed by atoms with Crippen molar-refractivity contribution in [3.05, 3.63) is 6.33 Å². The number of imidazole rings is 1. The van der Waals surface area contributed by atoms with Crippen LogP contribution >= 0.6 is 0 Å². The lowest BCUT2D eigenvalue weighted by Gasteiger charge is -1.96. The van der Waals surface area contributed by atoms with Crippen molar-refractivity contribution >= 4 is 17.0 Å². The highest BCUT2D eigenvalue weighted by Crippen LogP contribution is 2.13. The lowest BCUT2D eigenvalue weighted by Crippen LogP contribution is -1.99. The van der Waals surface area contributed by atoms with Crippen molar-refractivity contribution in [1.82, 2.24) is 25.0 Å². The van der Waals surface area contributed by atoms with Crippen LogP contribution in [0, 0.1) is 0 Å². The molecule has 0 aromatic carbocycles. The molecule has 6 heteroatoms. The highest BCUT2D eigenvalue weighted by Gasteiger charge is 2.06. The van der Waals surface area contributed by atoms with Gasteiger partial charge in [0.05, 0.1) is 6.33 Å². The predicted molar refractivity (Wildman–Crippen MR) is 43.6 cm³/mol. The minimum atomic E-state index is 0.653. The smallest absolute Gasteiger partial charge is 0.187 e. The Kier molecular flexibility index (Phi) is 1.39. The van der Waals surface area contributed by atoms with Gasteiger partial charge >= 0.3 is 0 Å². The number of nitrogens with one attached hydrogen (secondary N) is 1. The molecule has 0 saturated heterocycles. The van der Waals surface area contributed by atoms with E-state index in [2.05, 4.69) is 25.7 Å². The quantitative estimate of drug-likeness (QED) is 0.632. The van der Waals surface area contributed by atoms with Gasteiger partial charge in [0.25, 0.3) is 0 Å². The molecule has 0 aliphatic heterocycles.